The first-order valence-electron chi connectivity index (χ1n) is 6.94. The number of rotatable bonds is 7. The summed E-state index contributed by atoms with van der Waals surface area (Å²) in [7, 11) is 0. The van der Waals surface area contributed by atoms with Crippen LogP contribution < -0.4 is 9.47 Å². The number of nitro groups is 1. The average Bonchev–Trinajstić information content (AvgIpc) is 2.58. The van der Waals surface area contributed by atoms with Crippen LogP contribution in [0, 0.1) is 10.1 Å². The van der Waals surface area contributed by atoms with Crippen LogP contribution in [0.1, 0.15) is 22.8 Å². The van der Waals surface area contributed by atoms with Crippen LogP contribution in [0.2, 0.25) is 0 Å². The first-order chi connectivity index (χ1) is 11.5. The van der Waals surface area contributed by atoms with Gasteiger partial charge in [0.1, 0.15) is 6.61 Å². The molecule has 0 aliphatic rings. The van der Waals surface area contributed by atoms with Crippen molar-refractivity contribution in [2.24, 2.45) is 0 Å². The molecule has 0 saturated carbocycles. The molecule has 0 aromatic heterocycles. The molecule has 0 aliphatic heterocycles. The zero-order valence-corrected chi connectivity index (χ0v) is 15.8. The highest BCUT2D eigenvalue weighted by molar-refractivity contribution is 9.13. The molecule has 0 heterocycles. The average molecular weight is 459 g/mol. The van der Waals surface area contributed by atoms with E-state index in [1.54, 1.807) is 24.3 Å². The summed E-state index contributed by atoms with van der Waals surface area (Å²) in [5.74, 6) is 0.751. The number of para-hydroxylation sites is 1. The maximum atomic E-state index is 11.1. The van der Waals surface area contributed by atoms with Gasteiger partial charge >= 0.3 is 0 Å². The van der Waals surface area contributed by atoms with Crippen molar-refractivity contribution in [3.8, 4) is 11.5 Å². The SMILES string of the molecule is CCOc1cc(C=O)c(Br)c(Br)c1OCc1ccccc1[N+](=O)[O-]. The van der Waals surface area contributed by atoms with Crippen LogP contribution >= 0.6 is 31.9 Å². The van der Waals surface area contributed by atoms with Gasteiger partial charge in [0, 0.05) is 16.1 Å². The molecule has 0 fully saturated rings. The summed E-state index contributed by atoms with van der Waals surface area (Å²) in [4.78, 5) is 21.7. The highest BCUT2D eigenvalue weighted by Crippen LogP contribution is 2.43. The summed E-state index contributed by atoms with van der Waals surface area (Å²) >= 11 is 6.69. The third-order valence-electron chi connectivity index (χ3n) is 3.14. The summed E-state index contributed by atoms with van der Waals surface area (Å²) in [6, 6.07) is 7.90. The molecule has 0 unspecified atom stereocenters. The van der Waals surface area contributed by atoms with Crippen LogP contribution in [0.15, 0.2) is 39.3 Å². The molecular weight excluding hydrogens is 446 g/mol. The van der Waals surface area contributed by atoms with Crippen molar-refractivity contribution < 1.29 is 19.2 Å². The molecule has 6 nitrogen and oxygen atoms in total. The Balaban J connectivity index is 2.38. The van der Waals surface area contributed by atoms with Gasteiger partial charge in [-0.2, -0.15) is 0 Å². The van der Waals surface area contributed by atoms with E-state index in [1.807, 2.05) is 6.92 Å². The van der Waals surface area contributed by atoms with Gasteiger partial charge in [-0.3, -0.25) is 14.9 Å². The number of hydrogen-bond donors (Lipinski definition) is 0. The Hall–Kier alpha value is -1.93. The van der Waals surface area contributed by atoms with Gasteiger partial charge in [0.25, 0.3) is 5.69 Å². The van der Waals surface area contributed by atoms with E-state index in [4.69, 9.17) is 9.47 Å². The molecule has 0 amide bonds. The van der Waals surface area contributed by atoms with Crippen molar-refractivity contribution in [1.29, 1.82) is 0 Å². The van der Waals surface area contributed by atoms with Crippen LogP contribution in [0.4, 0.5) is 5.69 Å². The second-order valence-corrected chi connectivity index (χ2v) is 6.23. The van der Waals surface area contributed by atoms with Crippen molar-refractivity contribution >= 4 is 43.8 Å². The van der Waals surface area contributed by atoms with Crippen LogP contribution in [0.25, 0.3) is 0 Å². The number of aldehydes is 1. The van der Waals surface area contributed by atoms with Gasteiger partial charge in [0.15, 0.2) is 17.8 Å². The Morgan fingerprint density at radius 3 is 2.54 bits per heavy atom. The molecule has 0 radical (unpaired) electrons. The molecule has 0 spiro atoms. The van der Waals surface area contributed by atoms with Crippen LogP contribution in [0.5, 0.6) is 11.5 Å². The lowest BCUT2D eigenvalue weighted by atomic mass is 10.2. The Bertz CT molecular complexity index is 779. The summed E-state index contributed by atoms with van der Waals surface area (Å²) < 4.78 is 12.3. The third kappa shape index (κ3) is 3.93. The standard InChI is InChI=1S/C16H13Br2NO5/c1-2-23-13-7-11(8-20)14(17)15(18)16(13)24-9-10-5-3-4-6-12(10)19(21)22/h3-8H,2,9H2,1H3. The lowest BCUT2D eigenvalue weighted by molar-refractivity contribution is -0.385. The summed E-state index contributed by atoms with van der Waals surface area (Å²) in [6.45, 7) is 2.18. The highest BCUT2D eigenvalue weighted by Gasteiger charge is 2.19. The van der Waals surface area contributed by atoms with Gasteiger partial charge in [-0.15, -0.1) is 0 Å². The summed E-state index contributed by atoms with van der Waals surface area (Å²) in [6.07, 6.45) is 0.698. The molecule has 2 aromatic carbocycles. The number of hydrogen-bond acceptors (Lipinski definition) is 5. The van der Waals surface area contributed by atoms with Gasteiger partial charge in [-0.05, 0) is 50.9 Å². The fourth-order valence-corrected chi connectivity index (χ4v) is 2.98. The van der Waals surface area contributed by atoms with E-state index < -0.39 is 4.92 Å². The first kappa shape index (κ1) is 18.4. The number of carbonyl (C=O) groups excluding carboxylic acids is 1. The fourth-order valence-electron chi connectivity index (χ4n) is 2.05. The van der Waals surface area contributed by atoms with E-state index in [-0.39, 0.29) is 12.3 Å². The minimum Gasteiger partial charge on any atom is -0.490 e. The Labute approximate surface area is 155 Å². The van der Waals surface area contributed by atoms with Crippen molar-refractivity contribution in [2.45, 2.75) is 13.5 Å². The van der Waals surface area contributed by atoms with Gasteiger partial charge in [0.05, 0.1) is 21.6 Å². The zero-order chi connectivity index (χ0) is 17.7. The lowest BCUT2D eigenvalue weighted by Gasteiger charge is -2.16. The largest absolute Gasteiger partial charge is 0.490 e. The molecule has 24 heavy (non-hydrogen) atoms. The quantitative estimate of drug-likeness (QED) is 0.334. The van der Waals surface area contributed by atoms with E-state index in [9.17, 15) is 14.9 Å². The van der Waals surface area contributed by atoms with Crippen LogP contribution in [-0.2, 0) is 6.61 Å². The molecule has 0 bridgehead atoms. The number of carbonyl (C=O) groups is 1. The van der Waals surface area contributed by atoms with Crippen LogP contribution in [0.3, 0.4) is 0 Å². The number of halogens is 2. The molecule has 126 valence electrons. The van der Waals surface area contributed by atoms with Crippen molar-refractivity contribution in [1.82, 2.24) is 0 Å². The number of ether oxygens (including phenoxy) is 2. The second-order valence-electron chi connectivity index (χ2n) is 4.65. The zero-order valence-electron chi connectivity index (χ0n) is 12.6. The van der Waals surface area contributed by atoms with E-state index in [2.05, 4.69) is 31.9 Å². The van der Waals surface area contributed by atoms with Crippen molar-refractivity contribution in [3.63, 3.8) is 0 Å². The smallest absolute Gasteiger partial charge is 0.276 e. The summed E-state index contributed by atoms with van der Waals surface area (Å²) in [5, 5.41) is 11.1. The monoisotopic (exact) mass is 457 g/mol. The normalized spacial score (nSPS) is 10.3. The van der Waals surface area contributed by atoms with Gasteiger partial charge in [-0.25, -0.2) is 0 Å². The van der Waals surface area contributed by atoms with E-state index >= 15 is 0 Å². The molecule has 0 saturated heterocycles. The maximum absolute atomic E-state index is 11.1. The van der Waals surface area contributed by atoms with Crippen molar-refractivity contribution in [3.05, 3.63) is 60.5 Å². The van der Waals surface area contributed by atoms with Crippen LogP contribution in [-0.4, -0.2) is 17.8 Å². The Morgan fingerprint density at radius 1 is 1.21 bits per heavy atom. The number of nitrogens with zero attached hydrogens (tertiary/aromatic N) is 1. The highest BCUT2D eigenvalue weighted by atomic mass is 79.9. The van der Waals surface area contributed by atoms with Gasteiger partial charge in [0.2, 0.25) is 0 Å². The Morgan fingerprint density at radius 2 is 1.92 bits per heavy atom. The molecule has 0 atom stereocenters. The number of nitro benzene ring substituents is 1. The van der Waals surface area contributed by atoms with E-state index in [0.29, 0.717) is 44.5 Å². The Kier molecular flexibility index (Phi) is 6.33. The first-order valence-corrected chi connectivity index (χ1v) is 8.53. The molecular formula is C16H13Br2NO5. The number of benzene rings is 2. The predicted octanol–water partition coefficient (Wildman–Crippen LogP) is 4.91. The summed E-state index contributed by atoms with van der Waals surface area (Å²) in [5.41, 5.74) is 0.825. The minimum absolute atomic E-state index is 0.0112. The molecule has 8 heteroatoms. The maximum Gasteiger partial charge on any atom is 0.276 e. The van der Waals surface area contributed by atoms with Gasteiger partial charge < -0.3 is 9.47 Å². The minimum atomic E-state index is -0.456. The molecule has 2 aromatic rings. The van der Waals surface area contributed by atoms with Crippen molar-refractivity contribution in [2.75, 3.05) is 6.61 Å². The van der Waals surface area contributed by atoms with Gasteiger partial charge in [-0.1, -0.05) is 12.1 Å². The molecule has 0 N–H and O–H groups in total. The topological polar surface area (TPSA) is 78.7 Å². The third-order valence-corrected chi connectivity index (χ3v) is 5.29. The lowest BCUT2D eigenvalue weighted by Crippen LogP contribution is -2.04. The second kappa shape index (κ2) is 8.25. The molecule has 0 aliphatic carbocycles. The van der Waals surface area contributed by atoms with E-state index in [0.717, 1.165) is 0 Å². The predicted molar refractivity (Wildman–Crippen MR) is 95.8 cm³/mol. The van der Waals surface area contributed by atoms with E-state index in [1.165, 1.54) is 6.07 Å². The fraction of sp³-hybridized carbons (Fsp3) is 0.188. The molecule has 2 rings (SSSR count).